The summed E-state index contributed by atoms with van der Waals surface area (Å²) >= 11 is 0. The van der Waals surface area contributed by atoms with Crippen molar-refractivity contribution in [3.05, 3.63) is 42.0 Å². The molecule has 24 heavy (non-hydrogen) atoms. The van der Waals surface area contributed by atoms with E-state index in [1.807, 2.05) is 31.2 Å². The number of rotatable bonds is 5. The van der Waals surface area contributed by atoms with Crippen LogP contribution in [0.1, 0.15) is 25.3 Å². The Morgan fingerprint density at radius 3 is 2.75 bits per heavy atom. The smallest absolute Gasteiger partial charge is 0.163 e. The van der Waals surface area contributed by atoms with Gasteiger partial charge in [0.25, 0.3) is 0 Å². The highest BCUT2D eigenvalue weighted by atomic mass is 16.5. The van der Waals surface area contributed by atoms with E-state index in [0.29, 0.717) is 36.9 Å². The number of aliphatic imine (C=N–C) groups is 1. The number of benzene rings is 2. The second kappa shape index (κ2) is 7.73. The van der Waals surface area contributed by atoms with Gasteiger partial charge >= 0.3 is 0 Å². The minimum atomic E-state index is 0.140. The molecule has 0 atom stereocenters. The summed E-state index contributed by atoms with van der Waals surface area (Å²) in [5.41, 5.74) is 1.37. The Balaban J connectivity index is 1.74. The molecule has 0 amide bonds. The van der Waals surface area contributed by atoms with Crippen molar-refractivity contribution < 1.29 is 19.3 Å². The van der Waals surface area contributed by atoms with Crippen LogP contribution < -0.4 is 14.2 Å². The normalized spacial score (nSPS) is 13.7. The Hall–Kier alpha value is -2.69. The molecule has 0 saturated carbocycles. The Labute approximate surface area is 141 Å². The average Bonchev–Trinajstić information content (AvgIpc) is 2.84. The van der Waals surface area contributed by atoms with Crippen LogP contribution in [-0.2, 0) is 0 Å². The Morgan fingerprint density at radius 2 is 1.96 bits per heavy atom. The van der Waals surface area contributed by atoms with Crippen molar-refractivity contribution in [3.63, 3.8) is 0 Å². The van der Waals surface area contributed by atoms with E-state index in [0.717, 1.165) is 24.3 Å². The number of fused-ring (bicyclic) bond motifs is 1. The number of hydrogen-bond donors (Lipinski definition) is 1. The van der Waals surface area contributed by atoms with Gasteiger partial charge in [0.05, 0.1) is 25.5 Å². The van der Waals surface area contributed by atoms with Crippen LogP contribution in [0.2, 0.25) is 0 Å². The first-order valence-electron chi connectivity index (χ1n) is 8.16. The Bertz CT molecular complexity index is 727. The van der Waals surface area contributed by atoms with Crippen molar-refractivity contribution in [2.75, 3.05) is 19.8 Å². The summed E-state index contributed by atoms with van der Waals surface area (Å²) in [6.07, 6.45) is 3.42. The van der Waals surface area contributed by atoms with Gasteiger partial charge in [-0.15, -0.1) is 0 Å². The van der Waals surface area contributed by atoms with E-state index < -0.39 is 0 Å². The van der Waals surface area contributed by atoms with E-state index in [9.17, 15) is 5.11 Å². The van der Waals surface area contributed by atoms with E-state index in [-0.39, 0.29) is 5.75 Å². The number of ether oxygens (including phenoxy) is 3. The lowest BCUT2D eigenvalue weighted by Crippen LogP contribution is -1.97. The van der Waals surface area contributed by atoms with E-state index >= 15 is 0 Å². The summed E-state index contributed by atoms with van der Waals surface area (Å²) in [4.78, 5) is 4.41. The third-order valence-electron chi connectivity index (χ3n) is 3.56. The molecule has 5 nitrogen and oxygen atoms in total. The standard InChI is InChI=1S/C19H21NO4/c1-2-8-22-16-6-4-14(17(21)12-16)13-20-15-5-7-18-19(11-15)24-10-3-9-23-18/h4-7,11-13,21H,2-3,8-10H2,1H3. The van der Waals surface area contributed by atoms with Gasteiger partial charge in [-0.05, 0) is 30.7 Å². The van der Waals surface area contributed by atoms with Crippen LogP contribution in [0.25, 0.3) is 0 Å². The molecule has 1 heterocycles. The van der Waals surface area contributed by atoms with Crippen LogP contribution in [0.5, 0.6) is 23.0 Å². The molecule has 0 radical (unpaired) electrons. The van der Waals surface area contributed by atoms with Crippen LogP contribution in [-0.4, -0.2) is 31.1 Å². The van der Waals surface area contributed by atoms with Crippen LogP contribution >= 0.6 is 0 Å². The molecule has 1 aliphatic rings. The molecule has 0 aromatic heterocycles. The van der Waals surface area contributed by atoms with Crippen molar-refractivity contribution in [2.24, 2.45) is 4.99 Å². The van der Waals surface area contributed by atoms with Crippen LogP contribution in [0, 0.1) is 0 Å². The molecule has 2 aromatic carbocycles. The molecule has 2 aromatic rings. The summed E-state index contributed by atoms with van der Waals surface area (Å²) in [7, 11) is 0. The van der Waals surface area contributed by atoms with Gasteiger partial charge in [0.1, 0.15) is 11.5 Å². The maximum Gasteiger partial charge on any atom is 0.163 e. The third-order valence-corrected chi connectivity index (χ3v) is 3.56. The number of hydrogen-bond acceptors (Lipinski definition) is 5. The second-order valence-corrected chi connectivity index (χ2v) is 5.51. The lowest BCUT2D eigenvalue weighted by atomic mass is 10.2. The molecule has 0 bridgehead atoms. The van der Waals surface area contributed by atoms with E-state index in [4.69, 9.17) is 14.2 Å². The first-order chi connectivity index (χ1) is 11.8. The molecular formula is C19H21NO4. The average molecular weight is 327 g/mol. The molecule has 1 aliphatic heterocycles. The summed E-state index contributed by atoms with van der Waals surface area (Å²) in [6.45, 7) is 3.97. The fraction of sp³-hybridized carbons (Fsp3) is 0.316. The Morgan fingerprint density at radius 1 is 1.12 bits per heavy atom. The Kier molecular flexibility index (Phi) is 5.21. The van der Waals surface area contributed by atoms with Crippen molar-refractivity contribution >= 4 is 11.9 Å². The van der Waals surface area contributed by atoms with Gasteiger partial charge < -0.3 is 19.3 Å². The maximum atomic E-state index is 10.1. The number of phenols is 1. The number of aromatic hydroxyl groups is 1. The van der Waals surface area contributed by atoms with Crippen molar-refractivity contribution in [2.45, 2.75) is 19.8 Å². The molecule has 1 N–H and O–H groups in total. The number of phenolic OH excluding ortho intramolecular Hbond substituents is 1. The predicted octanol–water partition coefficient (Wildman–Crippen LogP) is 4.09. The fourth-order valence-corrected chi connectivity index (χ4v) is 2.32. The zero-order chi connectivity index (χ0) is 16.8. The van der Waals surface area contributed by atoms with Gasteiger partial charge in [-0.25, -0.2) is 0 Å². The SMILES string of the molecule is CCCOc1ccc(C=Nc2ccc3c(c2)OCCCO3)c(O)c1. The molecule has 0 spiro atoms. The first-order valence-corrected chi connectivity index (χ1v) is 8.16. The van der Waals surface area contributed by atoms with Gasteiger partial charge in [0, 0.05) is 30.3 Å². The van der Waals surface area contributed by atoms with Gasteiger partial charge in [-0.3, -0.25) is 4.99 Å². The summed E-state index contributed by atoms with van der Waals surface area (Å²) in [5, 5.41) is 10.1. The molecule has 3 rings (SSSR count). The predicted molar refractivity (Wildman–Crippen MR) is 93.2 cm³/mol. The van der Waals surface area contributed by atoms with E-state index in [1.54, 1.807) is 18.3 Å². The van der Waals surface area contributed by atoms with Crippen molar-refractivity contribution in [3.8, 4) is 23.0 Å². The molecular weight excluding hydrogens is 306 g/mol. The van der Waals surface area contributed by atoms with Gasteiger partial charge in [-0.2, -0.15) is 0 Å². The van der Waals surface area contributed by atoms with Crippen LogP contribution in [0.3, 0.4) is 0 Å². The highest BCUT2D eigenvalue weighted by Gasteiger charge is 2.10. The molecule has 0 fully saturated rings. The van der Waals surface area contributed by atoms with Crippen molar-refractivity contribution in [1.82, 2.24) is 0 Å². The van der Waals surface area contributed by atoms with Crippen LogP contribution in [0.4, 0.5) is 5.69 Å². The van der Waals surface area contributed by atoms with Gasteiger partial charge in [0.2, 0.25) is 0 Å². The third kappa shape index (κ3) is 3.98. The fourth-order valence-electron chi connectivity index (χ4n) is 2.32. The summed E-state index contributed by atoms with van der Waals surface area (Å²) in [5.74, 6) is 2.24. The number of nitrogens with zero attached hydrogens (tertiary/aromatic N) is 1. The van der Waals surface area contributed by atoms with Gasteiger partial charge in [0.15, 0.2) is 11.5 Å². The zero-order valence-corrected chi connectivity index (χ0v) is 13.7. The second-order valence-electron chi connectivity index (χ2n) is 5.51. The highest BCUT2D eigenvalue weighted by Crippen LogP contribution is 2.33. The minimum absolute atomic E-state index is 0.140. The molecule has 5 heteroatoms. The van der Waals surface area contributed by atoms with E-state index in [1.165, 1.54) is 0 Å². The minimum Gasteiger partial charge on any atom is -0.507 e. The van der Waals surface area contributed by atoms with Crippen LogP contribution in [0.15, 0.2) is 41.4 Å². The monoisotopic (exact) mass is 327 g/mol. The molecule has 0 aliphatic carbocycles. The zero-order valence-electron chi connectivity index (χ0n) is 13.7. The van der Waals surface area contributed by atoms with Crippen molar-refractivity contribution in [1.29, 1.82) is 0 Å². The maximum absolute atomic E-state index is 10.1. The topological polar surface area (TPSA) is 60.3 Å². The molecule has 0 saturated heterocycles. The summed E-state index contributed by atoms with van der Waals surface area (Å²) < 4.78 is 16.7. The van der Waals surface area contributed by atoms with Gasteiger partial charge in [-0.1, -0.05) is 6.92 Å². The molecule has 126 valence electrons. The summed E-state index contributed by atoms with van der Waals surface area (Å²) in [6, 6.07) is 10.8. The largest absolute Gasteiger partial charge is 0.507 e. The molecule has 0 unspecified atom stereocenters. The highest BCUT2D eigenvalue weighted by molar-refractivity contribution is 5.85. The first kappa shape index (κ1) is 16.2. The lowest BCUT2D eigenvalue weighted by molar-refractivity contribution is 0.297. The van der Waals surface area contributed by atoms with E-state index in [2.05, 4.69) is 4.99 Å². The quantitative estimate of drug-likeness (QED) is 0.840. The lowest BCUT2D eigenvalue weighted by Gasteiger charge is -2.07.